The first-order valence-corrected chi connectivity index (χ1v) is 5.96. The summed E-state index contributed by atoms with van der Waals surface area (Å²) in [7, 11) is 4.10. The summed E-state index contributed by atoms with van der Waals surface area (Å²) in [6.45, 7) is 2.80. The molecule has 1 aliphatic rings. The Morgan fingerprint density at radius 2 is 2.24 bits per heavy atom. The number of hydrogen-bond donors (Lipinski definition) is 0. The maximum Gasteiger partial charge on any atom is 0.0952 e. The summed E-state index contributed by atoms with van der Waals surface area (Å²) in [5.74, 6) is 0. The van der Waals surface area contributed by atoms with Gasteiger partial charge >= 0.3 is 0 Å². The largest absolute Gasteiger partial charge is 0.371 e. The van der Waals surface area contributed by atoms with Crippen molar-refractivity contribution in [1.29, 1.82) is 0 Å². The first kappa shape index (κ1) is 10.7. The first-order valence-electron chi connectivity index (χ1n) is 5.96. The van der Waals surface area contributed by atoms with E-state index in [4.69, 9.17) is 4.74 Å². The van der Waals surface area contributed by atoms with E-state index in [-0.39, 0.29) is 6.10 Å². The minimum Gasteiger partial charge on any atom is -0.371 e. The van der Waals surface area contributed by atoms with Gasteiger partial charge in [0.25, 0.3) is 0 Å². The van der Waals surface area contributed by atoms with Crippen molar-refractivity contribution in [3.05, 3.63) is 30.0 Å². The molecule has 4 nitrogen and oxygen atoms in total. The molecule has 2 aromatic rings. The van der Waals surface area contributed by atoms with Crippen LogP contribution >= 0.6 is 0 Å². The second-order valence-electron chi connectivity index (χ2n) is 4.71. The summed E-state index contributed by atoms with van der Waals surface area (Å²) < 4.78 is 7.72. The van der Waals surface area contributed by atoms with Gasteiger partial charge in [-0.15, -0.1) is 0 Å². The number of aromatic nitrogens is 2. The molecule has 1 atom stereocenters. The van der Waals surface area contributed by atoms with E-state index in [1.165, 1.54) is 10.9 Å². The normalized spacial score (nSPS) is 22.1. The van der Waals surface area contributed by atoms with Crippen LogP contribution < -0.4 is 0 Å². The SMILES string of the molecule is CN1CCO[C@@H](c2ccc3c(cnn3C)c2)C1. The molecule has 0 unspecified atom stereocenters. The van der Waals surface area contributed by atoms with E-state index in [1.54, 1.807) is 0 Å². The Bertz CT molecular complexity index is 534. The van der Waals surface area contributed by atoms with Crippen molar-refractivity contribution < 1.29 is 4.74 Å². The second kappa shape index (κ2) is 4.13. The number of morpholine rings is 1. The molecule has 0 N–H and O–H groups in total. The summed E-state index contributed by atoms with van der Waals surface area (Å²) in [4.78, 5) is 2.31. The van der Waals surface area contributed by atoms with Gasteiger partial charge in [0.2, 0.25) is 0 Å². The molecule has 0 radical (unpaired) electrons. The highest BCUT2D eigenvalue weighted by molar-refractivity contribution is 5.79. The predicted octanol–water partition coefficient (Wildman–Crippen LogP) is 1.58. The van der Waals surface area contributed by atoms with Crippen LogP contribution in [-0.4, -0.2) is 41.4 Å². The Morgan fingerprint density at radius 3 is 3.06 bits per heavy atom. The van der Waals surface area contributed by atoms with E-state index in [1.807, 2.05) is 17.9 Å². The highest BCUT2D eigenvalue weighted by atomic mass is 16.5. The molecule has 0 aliphatic carbocycles. The molecule has 0 spiro atoms. The molecule has 3 rings (SSSR count). The lowest BCUT2D eigenvalue weighted by atomic mass is 10.1. The van der Waals surface area contributed by atoms with E-state index in [2.05, 4.69) is 35.2 Å². The number of ether oxygens (including phenoxy) is 1. The Balaban J connectivity index is 1.94. The average molecular weight is 231 g/mol. The van der Waals surface area contributed by atoms with Gasteiger partial charge in [-0.05, 0) is 24.7 Å². The molecule has 1 aromatic carbocycles. The third-order valence-electron chi connectivity index (χ3n) is 3.41. The van der Waals surface area contributed by atoms with E-state index >= 15 is 0 Å². The topological polar surface area (TPSA) is 30.3 Å². The third kappa shape index (κ3) is 1.94. The Morgan fingerprint density at radius 1 is 1.35 bits per heavy atom. The number of fused-ring (bicyclic) bond motifs is 1. The number of rotatable bonds is 1. The van der Waals surface area contributed by atoms with Gasteiger partial charge in [0.1, 0.15) is 0 Å². The number of aryl methyl sites for hydroxylation is 1. The molecule has 0 bridgehead atoms. The van der Waals surface area contributed by atoms with Gasteiger partial charge in [-0.25, -0.2) is 0 Å². The maximum atomic E-state index is 5.82. The molecule has 4 heteroatoms. The third-order valence-corrected chi connectivity index (χ3v) is 3.41. The average Bonchev–Trinajstić information content (AvgIpc) is 2.71. The number of likely N-dealkylation sites (N-methyl/N-ethyl adjacent to an activating group) is 1. The Hall–Kier alpha value is -1.39. The zero-order valence-electron chi connectivity index (χ0n) is 10.3. The molecule has 0 amide bonds. The predicted molar refractivity (Wildman–Crippen MR) is 66.9 cm³/mol. The smallest absolute Gasteiger partial charge is 0.0952 e. The Labute approximate surface area is 101 Å². The van der Waals surface area contributed by atoms with Crippen LogP contribution in [0.25, 0.3) is 10.9 Å². The molecule has 1 saturated heterocycles. The summed E-state index contributed by atoms with van der Waals surface area (Å²) >= 11 is 0. The lowest BCUT2D eigenvalue weighted by Crippen LogP contribution is -2.35. The lowest BCUT2D eigenvalue weighted by molar-refractivity contribution is -0.0208. The van der Waals surface area contributed by atoms with Crippen LogP contribution in [0.4, 0.5) is 0 Å². The summed E-state index contributed by atoms with van der Waals surface area (Å²) in [6, 6.07) is 6.45. The van der Waals surface area contributed by atoms with Crippen molar-refractivity contribution in [3.8, 4) is 0 Å². The quantitative estimate of drug-likeness (QED) is 0.746. The van der Waals surface area contributed by atoms with Gasteiger partial charge in [0.05, 0.1) is 24.4 Å². The zero-order chi connectivity index (χ0) is 11.8. The summed E-state index contributed by atoms with van der Waals surface area (Å²) in [6.07, 6.45) is 2.10. The monoisotopic (exact) mass is 231 g/mol. The highest BCUT2D eigenvalue weighted by Gasteiger charge is 2.19. The van der Waals surface area contributed by atoms with Gasteiger partial charge in [0, 0.05) is 25.5 Å². The molecule has 90 valence electrons. The van der Waals surface area contributed by atoms with Crippen molar-refractivity contribution in [2.75, 3.05) is 26.7 Å². The van der Waals surface area contributed by atoms with Gasteiger partial charge in [0.15, 0.2) is 0 Å². The van der Waals surface area contributed by atoms with E-state index in [9.17, 15) is 0 Å². The van der Waals surface area contributed by atoms with Gasteiger partial charge < -0.3 is 9.64 Å². The molecule has 0 saturated carbocycles. The molecular weight excluding hydrogens is 214 g/mol. The van der Waals surface area contributed by atoms with Crippen molar-refractivity contribution in [3.63, 3.8) is 0 Å². The van der Waals surface area contributed by atoms with Gasteiger partial charge in [-0.1, -0.05) is 6.07 Å². The van der Waals surface area contributed by atoms with Crippen molar-refractivity contribution in [2.45, 2.75) is 6.10 Å². The van der Waals surface area contributed by atoms with Crippen LogP contribution in [-0.2, 0) is 11.8 Å². The fourth-order valence-corrected chi connectivity index (χ4v) is 2.36. The van der Waals surface area contributed by atoms with Crippen molar-refractivity contribution in [1.82, 2.24) is 14.7 Å². The minimum atomic E-state index is 0.193. The zero-order valence-corrected chi connectivity index (χ0v) is 10.3. The molecule has 1 fully saturated rings. The second-order valence-corrected chi connectivity index (χ2v) is 4.71. The molecular formula is C13H17N3O. The molecule has 1 aromatic heterocycles. The maximum absolute atomic E-state index is 5.82. The molecule has 2 heterocycles. The van der Waals surface area contributed by atoms with Crippen LogP contribution in [0.5, 0.6) is 0 Å². The van der Waals surface area contributed by atoms with E-state index < -0.39 is 0 Å². The fourth-order valence-electron chi connectivity index (χ4n) is 2.36. The van der Waals surface area contributed by atoms with Crippen LogP contribution in [0.15, 0.2) is 24.4 Å². The number of benzene rings is 1. The standard InChI is InChI=1S/C13H17N3O/c1-15-5-6-17-13(9-15)10-3-4-12-11(7-10)8-14-16(12)2/h3-4,7-8,13H,5-6,9H2,1-2H3/t13-/m1/s1. The van der Waals surface area contributed by atoms with Crippen molar-refractivity contribution >= 4 is 10.9 Å². The summed E-state index contributed by atoms with van der Waals surface area (Å²) in [5, 5.41) is 5.44. The lowest BCUT2D eigenvalue weighted by Gasteiger charge is -2.30. The van der Waals surface area contributed by atoms with Crippen LogP contribution in [0.3, 0.4) is 0 Å². The minimum absolute atomic E-state index is 0.193. The van der Waals surface area contributed by atoms with Crippen LogP contribution in [0.1, 0.15) is 11.7 Å². The van der Waals surface area contributed by atoms with Crippen molar-refractivity contribution in [2.24, 2.45) is 7.05 Å². The first-order chi connectivity index (χ1) is 8.24. The number of hydrogen-bond acceptors (Lipinski definition) is 3. The van der Waals surface area contributed by atoms with E-state index in [0.717, 1.165) is 25.2 Å². The summed E-state index contributed by atoms with van der Waals surface area (Å²) in [5.41, 5.74) is 2.41. The molecule has 1 aliphatic heterocycles. The van der Waals surface area contributed by atoms with Gasteiger partial charge in [-0.3, -0.25) is 4.68 Å². The van der Waals surface area contributed by atoms with E-state index in [0.29, 0.717) is 0 Å². The van der Waals surface area contributed by atoms with Crippen LogP contribution in [0, 0.1) is 0 Å². The highest BCUT2D eigenvalue weighted by Crippen LogP contribution is 2.24. The Kier molecular flexibility index (Phi) is 2.61. The van der Waals surface area contributed by atoms with Crippen LogP contribution in [0.2, 0.25) is 0 Å². The van der Waals surface area contributed by atoms with Gasteiger partial charge in [-0.2, -0.15) is 5.10 Å². The number of nitrogens with zero attached hydrogens (tertiary/aromatic N) is 3. The fraction of sp³-hybridized carbons (Fsp3) is 0.462. The molecule has 17 heavy (non-hydrogen) atoms.